The second kappa shape index (κ2) is 8.42. The van der Waals surface area contributed by atoms with Gasteiger partial charge < -0.3 is 19.5 Å². The molecule has 2 aromatic rings. The molecule has 2 aliphatic rings. The van der Waals surface area contributed by atoms with Crippen molar-refractivity contribution in [2.24, 2.45) is 11.8 Å². The highest BCUT2D eigenvalue weighted by Crippen LogP contribution is 2.37. The van der Waals surface area contributed by atoms with Crippen molar-refractivity contribution in [3.05, 3.63) is 48.5 Å². The number of hydrogen-bond donors (Lipinski definition) is 2. The minimum Gasteiger partial charge on any atom is -0.493 e. The van der Waals surface area contributed by atoms with Gasteiger partial charge in [-0.25, -0.2) is 4.98 Å². The predicted molar refractivity (Wildman–Crippen MR) is 102 cm³/mol. The van der Waals surface area contributed by atoms with Crippen LogP contribution in [0.15, 0.2) is 43.0 Å². The van der Waals surface area contributed by atoms with Crippen molar-refractivity contribution < 1.29 is 14.9 Å². The van der Waals surface area contributed by atoms with Crippen LogP contribution in [0.25, 0.3) is 0 Å². The molecule has 146 valence electrons. The summed E-state index contributed by atoms with van der Waals surface area (Å²) in [5, 5.41) is 19.9. The van der Waals surface area contributed by atoms with E-state index in [1.54, 1.807) is 6.20 Å². The van der Waals surface area contributed by atoms with Gasteiger partial charge >= 0.3 is 0 Å². The average Bonchev–Trinajstić information content (AvgIpc) is 3.30. The number of aliphatic hydroxyl groups is 2. The van der Waals surface area contributed by atoms with Crippen LogP contribution in [-0.4, -0.2) is 56.6 Å². The Balaban J connectivity index is 1.30. The van der Waals surface area contributed by atoms with Gasteiger partial charge in [-0.2, -0.15) is 0 Å². The van der Waals surface area contributed by atoms with E-state index in [1.165, 1.54) is 5.56 Å². The number of rotatable bonds is 7. The summed E-state index contributed by atoms with van der Waals surface area (Å²) in [5.41, 5.74) is 1.21. The number of para-hydroxylation sites is 1. The second-order valence-corrected chi connectivity index (χ2v) is 7.93. The zero-order valence-corrected chi connectivity index (χ0v) is 15.7. The fourth-order valence-electron chi connectivity index (χ4n) is 4.50. The van der Waals surface area contributed by atoms with Gasteiger partial charge in [0.05, 0.1) is 25.1 Å². The molecule has 1 aliphatic heterocycles. The van der Waals surface area contributed by atoms with Crippen molar-refractivity contribution in [3.8, 4) is 5.75 Å². The molecule has 4 atom stereocenters. The van der Waals surface area contributed by atoms with Crippen LogP contribution >= 0.6 is 0 Å². The molecule has 6 heteroatoms. The van der Waals surface area contributed by atoms with E-state index in [2.05, 4.69) is 26.6 Å². The highest BCUT2D eigenvalue weighted by molar-refractivity contribution is 5.33. The molecule has 4 rings (SSSR count). The highest BCUT2D eigenvalue weighted by atomic mass is 16.5. The first kappa shape index (κ1) is 18.5. The Hall–Kier alpha value is -1.89. The average molecular weight is 371 g/mol. The largest absolute Gasteiger partial charge is 0.493 e. The number of aliphatic hydroxyl groups excluding tert-OH is 2. The summed E-state index contributed by atoms with van der Waals surface area (Å²) in [7, 11) is 0. The summed E-state index contributed by atoms with van der Waals surface area (Å²) in [4.78, 5) is 6.49. The Morgan fingerprint density at radius 1 is 1.07 bits per heavy atom. The standard InChI is InChI=1S/C21H29N3O3/c25-19-10-17-13-24(14-18(17)11-20(19)26)12-16-4-1-2-5-21(16)27-9-3-7-23-8-6-22-15-23/h1-2,4-6,8,15,17-20,25-26H,3,7,9-14H2/t17-,18+,19+,20-. The van der Waals surface area contributed by atoms with E-state index in [-0.39, 0.29) is 0 Å². The van der Waals surface area contributed by atoms with Crippen molar-refractivity contribution >= 4 is 0 Å². The minimum absolute atomic E-state index is 0.492. The number of benzene rings is 1. The van der Waals surface area contributed by atoms with Gasteiger partial charge in [0.15, 0.2) is 0 Å². The Kier molecular flexibility index (Phi) is 5.76. The van der Waals surface area contributed by atoms with Crippen molar-refractivity contribution in [2.75, 3.05) is 19.7 Å². The van der Waals surface area contributed by atoms with Crippen LogP contribution in [0.4, 0.5) is 0 Å². The van der Waals surface area contributed by atoms with Crippen LogP contribution in [-0.2, 0) is 13.1 Å². The molecule has 2 heterocycles. The number of fused-ring (bicyclic) bond motifs is 1. The fraction of sp³-hybridized carbons (Fsp3) is 0.571. The van der Waals surface area contributed by atoms with Crippen molar-refractivity contribution in [2.45, 2.75) is 44.6 Å². The van der Waals surface area contributed by atoms with Crippen molar-refractivity contribution in [3.63, 3.8) is 0 Å². The van der Waals surface area contributed by atoms with E-state index in [4.69, 9.17) is 4.74 Å². The van der Waals surface area contributed by atoms with Gasteiger partial charge in [0.2, 0.25) is 0 Å². The van der Waals surface area contributed by atoms with Crippen LogP contribution in [0.5, 0.6) is 5.75 Å². The van der Waals surface area contributed by atoms with Crippen LogP contribution in [0, 0.1) is 11.8 Å². The molecule has 1 aromatic heterocycles. The highest BCUT2D eigenvalue weighted by Gasteiger charge is 2.41. The SMILES string of the molecule is O[C@@H]1C[C@H]2CN(Cc3ccccc3OCCCn3ccnc3)C[C@H]2C[C@@H]1O. The number of nitrogens with zero attached hydrogens (tertiary/aromatic N) is 3. The molecule has 0 bridgehead atoms. The first-order valence-electron chi connectivity index (χ1n) is 9.94. The minimum atomic E-state index is -0.558. The van der Waals surface area contributed by atoms with E-state index in [9.17, 15) is 10.2 Å². The molecule has 6 nitrogen and oxygen atoms in total. The molecule has 2 fully saturated rings. The number of imidazole rings is 1. The quantitative estimate of drug-likeness (QED) is 0.728. The molecule has 0 radical (unpaired) electrons. The fourth-order valence-corrected chi connectivity index (χ4v) is 4.50. The van der Waals surface area contributed by atoms with E-state index in [0.717, 1.165) is 38.3 Å². The van der Waals surface area contributed by atoms with Gasteiger partial charge in [-0.1, -0.05) is 18.2 Å². The van der Waals surface area contributed by atoms with Crippen LogP contribution in [0.1, 0.15) is 24.8 Å². The summed E-state index contributed by atoms with van der Waals surface area (Å²) in [6, 6.07) is 8.26. The lowest BCUT2D eigenvalue weighted by Gasteiger charge is -2.32. The summed E-state index contributed by atoms with van der Waals surface area (Å²) in [6.45, 7) is 4.42. The zero-order chi connectivity index (χ0) is 18.6. The van der Waals surface area contributed by atoms with Gasteiger partial charge in [0.1, 0.15) is 5.75 Å². The summed E-state index contributed by atoms with van der Waals surface area (Å²) in [6.07, 6.45) is 6.85. The van der Waals surface area contributed by atoms with Crippen LogP contribution in [0.3, 0.4) is 0 Å². The summed E-state index contributed by atoms with van der Waals surface area (Å²) >= 11 is 0. The van der Waals surface area contributed by atoms with Crippen molar-refractivity contribution in [1.82, 2.24) is 14.5 Å². The molecule has 27 heavy (non-hydrogen) atoms. The summed E-state index contributed by atoms with van der Waals surface area (Å²) < 4.78 is 8.12. The lowest BCUT2D eigenvalue weighted by molar-refractivity contribution is -0.0372. The molecule has 1 saturated carbocycles. The molecule has 1 aromatic carbocycles. The lowest BCUT2D eigenvalue weighted by Crippen LogP contribution is -2.38. The first-order valence-corrected chi connectivity index (χ1v) is 9.94. The Morgan fingerprint density at radius 3 is 2.52 bits per heavy atom. The molecule has 0 amide bonds. The van der Waals surface area contributed by atoms with Gasteiger partial charge in [-0.15, -0.1) is 0 Å². The van der Waals surface area contributed by atoms with Gasteiger partial charge in [0.25, 0.3) is 0 Å². The lowest BCUT2D eigenvalue weighted by atomic mass is 9.79. The molecule has 0 unspecified atom stereocenters. The maximum absolute atomic E-state index is 9.94. The molecule has 2 N–H and O–H groups in total. The van der Waals surface area contributed by atoms with E-state index in [0.29, 0.717) is 31.3 Å². The molecular formula is C21H29N3O3. The maximum Gasteiger partial charge on any atom is 0.123 e. The number of aromatic nitrogens is 2. The third-order valence-electron chi connectivity index (χ3n) is 5.93. The molecule has 1 saturated heterocycles. The predicted octanol–water partition coefficient (Wildman–Crippen LogP) is 1.92. The Morgan fingerprint density at radius 2 is 1.81 bits per heavy atom. The number of likely N-dealkylation sites (tertiary alicyclic amines) is 1. The van der Waals surface area contributed by atoms with Crippen molar-refractivity contribution in [1.29, 1.82) is 0 Å². The normalized spacial score (nSPS) is 28.2. The molecule has 0 spiro atoms. The van der Waals surface area contributed by atoms with Gasteiger partial charge in [0, 0.05) is 44.1 Å². The van der Waals surface area contributed by atoms with Crippen LogP contribution in [0.2, 0.25) is 0 Å². The van der Waals surface area contributed by atoms with Gasteiger partial charge in [-0.3, -0.25) is 4.90 Å². The number of aryl methyl sites for hydroxylation is 1. The number of hydrogen-bond acceptors (Lipinski definition) is 5. The van der Waals surface area contributed by atoms with E-state index >= 15 is 0 Å². The first-order chi connectivity index (χ1) is 13.2. The Bertz CT molecular complexity index is 703. The monoisotopic (exact) mass is 371 g/mol. The summed E-state index contributed by atoms with van der Waals surface area (Å²) in [5.74, 6) is 1.94. The van der Waals surface area contributed by atoms with E-state index < -0.39 is 12.2 Å². The third kappa shape index (κ3) is 4.51. The Labute approximate surface area is 160 Å². The smallest absolute Gasteiger partial charge is 0.123 e. The topological polar surface area (TPSA) is 70.8 Å². The number of ether oxygens (including phenoxy) is 1. The molecular weight excluding hydrogens is 342 g/mol. The van der Waals surface area contributed by atoms with Crippen LogP contribution < -0.4 is 4.74 Å². The maximum atomic E-state index is 9.94. The third-order valence-corrected chi connectivity index (χ3v) is 5.93. The molecule has 1 aliphatic carbocycles. The zero-order valence-electron chi connectivity index (χ0n) is 15.7. The second-order valence-electron chi connectivity index (χ2n) is 7.93. The van der Waals surface area contributed by atoms with Gasteiger partial charge in [-0.05, 0) is 37.2 Å². The van der Waals surface area contributed by atoms with E-state index in [1.807, 2.05) is 24.7 Å².